The normalized spacial score (nSPS) is 10.1. The van der Waals surface area contributed by atoms with Crippen molar-refractivity contribution in [3.05, 3.63) is 28.8 Å². The molecular weight excluding hydrogens is 340 g/mol. The Morgan fingerprint density at radius 3 is 1.85 bits per heavy atom. The molecule has 0 spiro atoms. The molecule has 0 saturated carbocycles. The van der Waals surface area contributed by atoms with Crippen LogP contribution in [-0.2, 0) is 0 Å². The molecule has 5 nitrogen and oxygen atoms in total. The molecule has 1 aromatic carbocycles. The van der Waals surface area contributed by atoms with Gasteiger partial charge in [-0.2, -0.15) is 0 Å². The molecule has 1 rings (SSSR count). The lowest BCUT2D eigenvalue weighted by atomic mass is 10.0. The Bertz CT molecular complexity index is 625. The van der Waals surface area contributed by atoms with Gasteiger partial charge in [0.1, 0.15) is 5.75 Å². The van der Waals surface area contributed by atoms with Crippen molar-refractivity contribution in [3.63, 3.8) is 0 Å². The van der Waals surface area contributed by atoms with E-state index >= 15 is 0 Å². The van der Waals surface area contributed by atoms with E-state index in [1.165, 1.54) is 52.6 Å². The molecule has 0 aliphatic carbocycles. The number of carbonyl (C=O) groups excluding carboxylic acids is 2. The lowest BCUT2D eigenvalue weighted by molar-refractivity contribution is 0.0955. The summed E-state index contributed by atoms with van der Waals surface area (Å²) in [5, 5.41) is 5.15. The van der Waals surface area contributed by atoms with Crippen LogP contribution >= 0.6 is 0 Å². The highest BCUT2D eigenvalue weighted by atomic mass is 16.5. The third-order valence-electron chi connectivity index (χ3n) is 4.44. The molecule has 148 valence electrons. The number of ether oxygens (including phenoxy) is 1. The Labute approximate surface area is 163 Å². The van der Waals surface area contributed by atoms with Gasteiger partial charge in [-0.1, -0.05) is 57.8 Å². The summed E-state index contributed by atoms with van der Waals surface area (Å²) < 4.78 is 5.87. The van der Waals surface area contributed by atoms with E-state index in [-0.39, 0.29) is 28.7 Å². The van der Waals surface area contributed by atoms with Crippen LogP contribution in [0.5, 0.6) is 5.75 Å². The van der Waals surface area contributed by atoms with Gasteiger partial charge < -0.3 is 15.4 Å². The van der Waals surface area contributed by atoms with E-state index < -0.39 is 0 Å². The molecule has 0 aliphatic rings. The molecule has 2 N–H and O–H groups in total. The first-order valence-corrected chi connectivity index (χ1v) is 9.80. The number of hydrogen-bond donors (Lipinski definition) is 2. The van der Waals surface area contributed by atoms with Crippen molar-refractivity contribution in [2.24, 2.45) is 0 Å². The summed E-state index contributed by atoms with van der Waals surface area (Å²) in [5.41, 5.74) is 1.03. The lowest BCUT2D eigenvalue weighted by Gasteiger charge is -2.15. The summed E-state index contributed by atoms with van der Waals surface area (Å²) in [4.78, 5) is 24.5. The fraction of sp³-hybridized carbons (Fsp3) is 0.545. The van der Waals surface area contributed by atoms with Crippen molar-refractivity contribution in [2.75, 3.05) is 20.7 Å². The first kappa shape index (κ1) is 22.6. The van der Waals surface area contributed by atoms with Crippen LogP contribution in [-0.4, -0.2) is 32.5 Å². The number of hydrogen-bond acceptors (Lipinski definition) is 3. The van der Waals surface area contributed by atoms with Crippen LogP contribution in [0.4, 0.5) is 0 Å². The molecule has 27 heavy (non-hydrogen) atoms. The fourth-order valence-electron chi connectivity index (χ4n) is 2.88. The predicted octanol–water partition coefficient (Wildman–Crippen LogP) is 3.91. The topological polar surface area (TPSA) is 67.4 Å². The SMILES string of the molecule is C#Cc1cc(C(=O)NC)c(OCCCCCCCCCC)c(C(=O)NC)c1. The number of carbonyl (C=O) groups is 2. The van der Waals surface area contributed by atoms with E-state index in [0.717, 1.165) is 12.8 Å². The third-order valence-corrected chi connectivity index (χ3v) is 4.44. The monoisotopic (exact) mass is 372 g/mol. The minimum atomic E-state index is -0.330. The van der Waals surface area contributed by atoms with Crippen LogP contribution in [0.2, 0.25) is 0 Å². The molecule has 2 amide bonds. The highest BCUT2D eigenvalue weighted by molar-refractivity contribution is 6.04. The van der Waals surface area contributed by atoms with Gasteiger partial charge in [0.05, 0.1) is 17.7 Å². The van der Waals surface area contributed by atoms with Crippen molar-refractivity contribution in [1.29, 1.82) is 0 Å². The van der Waals surface area contributed by atoms with Gasteiger partial charge in [0.25, 0.3) is 11.8 Å². The summed E-state index contributed by atoms with van der Waals surface area (Å²) in [6, 6.07) is 3.16. The van der Waals surface area contributed by atoms with Crippen molar-refractivity contribution >= 4 is 11.8 Å². The third kappa shape index (κ3) is 7.34. The van der Waals surface area contributed by atoms with Crippen molar-refractivity contribution in [1.82, 2.24) is 10.6 Å². The molecule has 0 atom stereocenters. The summed E-state index contributed by atoms with van der Waals surface area (Å²) in [6.07, 6.45) is 15.0. The van der Waals surface area contributed by atoms with Crippen LogP contribution in [0.15, 0.2) is 12.1 Å². The number of terminal acetylenes is 1. The van der Waals surface area contributed by atoms with Gasteiger partial charge in [0.2, 0.25) is 0 Å². The number of benzene rings is 1. The highest BCUT2D eigenvalue weighted by Gasteiger charge is 2.21. The maximum atomic E-state index is 12.2. The zero-order chi connectivity index (χ0) is 20.1. The molecule has 0 radical (unpaired) electrons. The van der Waals surface area contributed by atoms with Gasteiger partial charge in [-0.25, -0.2) is 0 Å². The maximum Gasteiger partial charge on any atom is 0.254 e. The Morgan fingerprint density at radius 1 is 0.926 bits per heavy atom. The zero-order valence-corrected chi connectivity index (χ0v) is 16.8. The minimum absolute atomic E-state index is 0.283. The van der Waals surface area contributed by atoms with Crippen LogP contribution in [0.1, 0.15) is 84.6 Å². The van der Waals surface area contributed by atoms with E-state index in [1.54, 1.807) is 12.1 Å². The van der Waals surface area contributed by atoms with Gasteiger partial charge in [-0.15, -0.1) is 6.42 Å². The second-order valence-corrected chi connectivity index (χ2v) is 6.53. The Morgan fingerprint density at radius 2 is 1.41 bits per heavy atom. The molecule has 0 aliphatic heterocycles. The smallest absolute Gasteiger partial charge is 0.254 e. The van der Waals surface area contributed by atoms with Gasteiger partial charge in [0.15, 0.2) is 0 Å². The lowest BCUT2D eigenvalue weighted by Crippen LogP contribution is -2.24. The number of nitrogens with one attached hydrogen (secondary N) is 2. The molecule has 0 fully saturated rings. The molecule has 0 saturated heterocycles. The number of unbranched alkanes of at least 4 members (excludes halogenated alkanes) is 7. The van der Waals surface area contributed by atoms with E-state index in [4.69, 9.17) is 11.2 Å². The van der Waals surface area contributed by atoms with Gasteiger partial charge in [-0.3, -0.25) is 9.59 Å². The van der Waals surface area contributed by atoms with Crippen LogP contribution in [0.3, 0.4) is 0 Å². The fourth-order valence-corrected chi connectivity index (χ4v) is 2.88. The van der Waals surface area contributed by atoms with Gasteiger partial charge in [0, 0.05) is 19.7 Å². The molecule has 0 bridgehead atoms. The standard InChI is InChI=1S/C22H32N2O3/c1-5-7-8-9-10-11-12-13-14-27-20-18(21(25)23-3)15-17(6-2)16-19(20)22(26)24-4/h2,15-16H,5,7-14H2,1,3-4H3,(H,23,25)(H,24,26). The maximum absolute atomic E-state index is 12.2. The quantitative estimate of drug-likeness (QED) is 0.432. The Balaban J connectivity index is 2.75. The van der Waals surface area contributed by atoms with Crippen molar-refractivity contribution in [3.8, 4) is 18.1 Å². The number of rotatable bonds is 12. The van der Waals surface area contributed by atoms with Crippen molar-refractivity contribution in [2.45, 2.75) is 58.3 Å². The molecule has 1 aromatic rings. The second-order valence-electron chi connectivity index (χ2n) is 6.53. The first-order valence-electron chi connectivity index (χ1n) is 9.80. The second kappa shape index (κ2) is 12.8. The van der Waals surface area contributed by atoms with E-state index in [9.17, 15) is 9.59 Å². The zero-order valence-electron chi connectivity index (χ0n) is 16.8. The Hall–Kier alpha value is -2.48. The van der Waals surface area contributed by atoms with Crippen molar-refractivity contribution < 1.29 is 14.3 Å². The highest BCUT2D eigenvalue weighted by Crippen LogP contribution is 2.27. The average molecular weight is 373 g/mol. The minimum Gasteiger partial charge on any atom is -0.492 e. The van der Waals surface area contributed by atoms with Crippen LogP contribution < -0.4 is 15.4 Å². The summed E-state index contributed by atoms with van der Waals surface area (Å²) in [5.74, 6) is 2.11. The first-order chi connectivity index (χ1) is 13.1. The molecule has 0 aromatic heterocycles. The van der Waals surface area contributed by atoms with E-state index in [0.29, 0.717) is 12.2 Å². The Kier molecular flexibility index (Phi) is 10.7. The van der Waals surface area contributed by atoms with E-state index in [2.05, 4.69) is 23.5 Å². The largest absolute Gasteiger partial charge is 0.492 e. The molecule has 0 unspecified atom stereocenters. The van der Waals surface area contributed by atoms with Gasteiger partial charge in [-0.05, 0) is 18.6 Å². The molecule has 0 heterocycles. The summed E-state index contributed by atoms with van der Waals surface area (Å²) in [6.45, 7) is 2.67. The summed E-state index contributed by atoms with van der Waals surface area (Å²) in [7, 11) is 3.07. The average Bonchev–Trinajstić information content (AvgIpc) is 2.70. The number of amides is 2. The van der Waals surface area contributed by atoms with Crippen LogP contribution in [0, 0.1) is 12.3 Å². The predicted molar refractivity (Wildman–Crippen MR) is 109 cm³/mol. The van der Waals surface area contributed by atoms with Gasteiger partial charge >= 0.3 is 0 Å². The van der Waals surface area contributed by atoms with Crippen LogP contribution in [0.25, 0.3) is 0 Å². The molecule has 5 heteroatoms. The van der Waals surface area contributed by atoms with E-state index in [1.807, 2.05) is 0 Å². The summed E-state index contributed by atoms with van der Waals surface area (Å²) >= 11 is 0. The molecular formula is C22H32N2O3.